The molecule has 4 rings (SSSR count). The first-order valence-corrected chi connectivity index (χ1v) is 8.43. The van der Waals surface area contributed by atoms with Crippen molar-refractivity contribution in [2.24, 2.45) is 0 Å². The van der Waals surface area contributed by atoms with E-state index in [4.69, 9.17) is 0 Å². The standard InChI is InChI=1S/C19H18N4O2/c24-17(21-14-7-2-1-3-8-14)11-23-12-20-18-15(19(23)25)10-13-6-4-5-9-16(13)22-18/h1-3,7-8,10,12H,4-6,9,11H2,(H,21,24). The number of amides is 1. The van der Waals surface area contributed by atoms with E-state index in [0.29, 0.717) is 16.7 Å². The van der Waals surface area contributed by atoms with Crippen LogP contribution in [0.4, 0.5) is 5.69 Å². The number of nitrogens with zero attached hydrogens (tertiary/aromatic N) is 3. The number of nitrogens with one attached hydrogen (secondary N) is 1. The second-order valence-electron chi connectivity index (χ2n) is 6.26. The third-order valence-corrected chi connectivity index (χ3v) is 4.46. The Labute approximate surface area is 144 Å². The molecule has 25 heavy (non-hydrogen) atoms. The molecule has 0 radical (unpaired) electrons. The Kier molecular flexibility index (Phi) is 4.01. The van der Waals surface area contributed by atoms with Crippen molar-refractivity contribution in [3.05, 3.63) is 64.3 Å². The van der Waals surface area contributed by atoms with E-state index >= 15 is 0 Å². The van der Waals surface area contributed by atoms with E-state index in [0.717, 1.165) is 36.9 Å². The fraction of sp³-hybridized carbons (Fsp3) is 0.263. The number of hydrogen-bond acceptors (Lipinski definition) is 4. The summed E-state index contributed by atoms with van der Waals surface area (Å²) in [7, 11) is 0. The molecule has 1 N–H and O–H groups in total. The van der Waals surface area contributed by atoms with Gasteiger partial charge in [0.1, 0.15) is 12.9 Å². The van der Waals surface area contributed by atoms with Crippen LogP contribution in [0.2, 0.25) is 0 Å². The summed E-state index contributed by atoms with van der Waals surface area (Å²) in [5.41, 5.74) is 3.11. The highest BCUT2D eigenvalue weighted by molar-refractivity contribution is 5.90. The van der Waals surface area contributed by atoms with Crippen LogP contribution in [0, 0.1) is 0 Å². The monoisotopic (exact) mass is 334 g/mol. The van der Waals surface area contributed by atoms with E-state index in [1.54, 1.807) is 12.1 Å². The molecule has 0 saturated heterocycles. The highest BCUT2D eigenvalue weighted by Gasteiger charge is 2.15. The van der Waals surface area contributed by atoms with Crippen molar-refractivity contribution in [2.75, 3.05) is 5.32 Å². The first-order chi connectivity index (χ1) is 12.2. The number of anilines is 1. The molecule has 0 unspecified atom stereocenters. The maximum absolute atomic E-state index is 12.7. The van der Waals surface area contributed by atoms with E-state index < -0.39 is 0 Å². The van der Waals surface area contributed by atoms with Gasteiger partial charge in [-0.25, -0.2) is 9.97 Å². The SMILES string of the molecule is O=C(Cn1cnc2nc3c(cc2c1=O)CCCC3)Nc1ccccc1. The van der Waals surface area contributed by atoms with E-state index in [1.165, 1.54) is 10.9 Å². The molecule has 1 amide bonds. The van der Waals surface area contributed by atoms with Crippen molar-refractivity contribution in [3.8, 4) is 0 Å². The molecule has 6 heteroatoms. The zero-order valence-electron chi connectivity index (χ0n) is 13.7. The molecule has 0 saturated carbocycles. The molecule has 126 valence electrons. The van der Waals surface area contributed by atoms with Crippen LogP contribution in [0.25, 0.3) is 11.0 Å². The summed E-state index contributed by atoms with van der Waals surface area (Å²) in [6.45, 7) is -0.0756. The van der Waals surface area contributed by atoms with Gasteiger partial charge in [-0.15, -0.1) is 0 Å². The lowest BCUT2D eigenvalue weighted by Gasteiger charge is -2.15. The Morgan fingerprint density at radius 3 is 2.80 bits per heavy atom. The fourth-order valence-electron chi connectivity index (χ4n) is 3.20. The van der Waals surface area contributed by atoms with Gasteiger partial charge in [-0.3, -0.25) is 14.2 Å². The number of para-hydroxylation sites is 1. The number of rotatable bonds is 3. The van der Waals surface area contributed by atoms with E-state index in [-0.39, 0.29) is 18.0 Å². The second-order valence-corrected chi connectivity index (χ2v) is 6.26. The number of fused-ring (bicyclic) bond motifs is 2. The highest BCUT2D eigenvalue weighted by atomic mass is 16.2. The highest BCUT2D eigenvalue weighted by Crippen LogP contribution is 2.21. The van der Waals surface area contributed by atoms with Crippen molar-refractivity contribution in [2.45, 2.75) is 32.2 Å². The summed E-state index contributed by atoms with van der Waals surface area (Å²) in [4.78, 5) is 33.7. The van der Waals surface area contributed by atoms with Crippen LogP contribution in [0.5, 0.6) is 0 Å². The fourth-order valence-corrected chi connectivity index (χ4v) is 3.20. The van der Waals surface area contributed by atoms with E-state index in [1.807, 2.05) is 24.3 Å². The Morgan fingerprint density at radius 2 is 1.96 bits per heavy atom. The maximum Gasteiger partial charge on any atom is 0.263 e. The number of benzene rings is 1. The average Bonchev–Trinajstić information content (AvgIpc) is 2.64. The molecule has 2 heterocycles. The van der Waals surface area contributed by atoms with Crippen molar-refractivity contribution < 1.29 is 4.79 Å². The van der Waals surface area contributed by atoms with Crippen molar-refractivity contribution in [3.63, 3.8) is 0 Å². The summed E-state index contributed by atoms with van der Waals surface area (Å²) in [5.74, 6) is -0.264. The maximum atomic E-state index is 12.7. The van der Waals surface area contributed by atoms with Crippen LogP contribution >= 0.6 is 0 Å². The molecule has 0 fully saturated rings. The van der Waals surface area contributed by atoms with E-state index in [9.17, 15) is 9.59 Å². The summed E-state index contributed by atoms with van der Waals surface area (Å²) in [6, 6.07) is 11.1. The lowest BCUT2D eigenvalue weighted by atomic mass is 9.95. The number of aryl methyl sites for hydroxylation is 2. The lowest BCUT2D eigenvalue weighted by Crippen LogP contribution is -2.28. The van der Waals surface area contributed by atoms with Gasteiger partial charge < -0.3 is 5.32 Å². The predicted molar refractivity (Wildman–Crippen MR) is 95.5 cm³/mol. The third kappa shape index (κ3) is 3.15. The topological polar surface area (TPSA) is 76.9 Å². The predicted octanol–water partition coefficient (Wildman–Crippen LogP) is 2.31. The third-order valence-electron chi connectivity index (χ3n) is 4.46. The Hall–Kier alpha value is -3.02. The molecular weight excluding hydrogens is 316 g/mol. The van der Waals surface area contributed by atoms with Crippen molar-refractivity contribution in [1.82, 2.24) is 14.5 Å². The van der Waals surface area contributed by atoms with Gasteiger partial charge in [-0.1, -0.05) is 18.2 Å². The van der Waals surface area contributed by atoms with E-state index in [2.05, 4.69) is 15.3 Å². The minimum atomic E-state index is -0.264. The zero-order valence-corrected chi connectivity index (χ0v) is 13.7. The molecule has 0 bridgehead atoms. The summed E-state index contributed by atoms with van der Waals surface area (Å²) in [6.07, 6.45) is 5.53. The quantitative estimate of drug-likeness (QED) is 0.797. The summed E-state index contributed by atoms with van der Waals surface area (Å²) >= 11 is 0. The van der Waals surface area contributed by atoms with Crippen LogP contribution in [0.1, 0.15) is 24.1 Å². The van der Waals surface area contributed by atoms with Gasteiger partial charge in [0.25, 0.3) is 5.56 Å². The molecule has 1 aromatic carbocycles. The molecule has 0 spiro atoms. The van der Waals surface area contributed by atoms with Gasteiger partial charge in [0.15, 0.2) is 5.65 Å². The summed E-state index contributed by atoms with van der Waals surface area (Å²) in [5, 5.41) is 3.26. The van der Waals surface area contributed by atoms with Crippen molar-refractivity contribution in [1.29, 1.82) is 0 Å². The minimum Gasteiger partial charge on any atom is -0.325 e. The Morgan fingerprint density at radius 1 is 1.16 bits per heavy atom. The van der Waals surface area contributed by atoms with Gasteiger partial charge >= 0.3 is 0 Å². The minimum absolute atomic E-state index is 0.0756. The second kappa shape index (κ2) is 6.47. The van der Waals surface area contributed by atoms with Gasteiger partial charge in [0, 0.05) is 11.4 Å². The van der Waals surface area contributed by atoms with Crippen LogP contribution in [0.3, 0.4) is 0 Å². The first-order valence-electron chi connectivity index (χ1n) is 8.43. The molecule has 6 nitrogen and oxygen atoms in total. The molecular formula is C19H18N4O2. The Balaban J connectivity index is 1.63. The molecule has 0 aliphatic heterocycles. The number of carbonyl (C=O) groups is 1. The number of hydrogen-bond donors (Lipinski definition) is 1. The van der Waals surface area contributed by atoms with Gasteiger partial charge in [-0.2, -0.15) is 0 Å². The van der Waals surface area contributed by atoms with Crippen LogP contribution in [-0.2, 0) is 24.2 Å². The normalized spacial score (nSPS) is 13.4. The van der Waals surface area contributed by atoms with Gasteiger partial charge in [0.05, 0.1) is 5.39 Å². The molecule has 1 aliphatic rings. The number of carbonyl (C=O) groups excluding carboxylic acids is 1. The van der Waals surface area contributed by atoms with Crippen LogP contribution in [0.15, 0.2) is 47.5 Å². The first kappa shape index (κ1) is 15.5. The molecule has 2 aromatic heterocycles. The number of aromatic nitrogens is 3. The van der Waals surface area contributed by atoms with Gasteiger partial charge in [-0.05, 0) is 49.4 Å². The smallest absolute Gasteiger partial charge is 0.263 e. The largest absolute Gasteiger partial charge is 0.325 e. The Bertz CT molecular complexity index is 995. The average molecular weight is 334 g/mol. The molecule has 0 atom stereocenters. The van der Waals surface area contributed by atoms with Crippen LogP contribution < -0.4 is 10.9 Å². The van der Waals surface area contributed by atoms with Gasteiger partial charge in [0.2, 0.25) is 5.91 Å². The zero-order chi connectivity index (χ0) is 17.2. The van der Waals surface area contributed by atoms with Crippen LogP contribution in [-0.4, -0.2) is 20.4 Å². The summed E-state index contributed by atoms with van der Waals surface area (Å²) < 4.78 is 1.33. The molecule has 1 aliphatic carbocycles. The van der Waals surface area contributed by atoms with Crippen molar-refractivity contribution >= 4 is 22.6 Å². The number of pyridine rings is 1. The molecule has 3 aromatic rings. The lowest BCUT2D eigenvalue weighted by molar-refractivity contribution is -0.116.